The molecule has 0 radical (unpaired) electrons. The number of carboxylic acid groups (broad SMARTS) is 1. The smallest absolute Gasteiger partial charge is 0.337 e. The number of non-ortho nitro benzene ring substituents is 1. The molecule has 0 fully saturated rings. The van der Waals surface area contributed by atoms with Crippen LogP contribution < -0.4 is 4.72 Å². The summed E-state index contributed by atoms with van der Waals surface area (Å²) in [5.74, 6) is -1.26. The van der Waals surface area contributed by atoms with Crippen LogP contribution in [0.1, 0.15) is 10.4 Å². The Morgan fingerprint density at radius 3 is 2.64 bits per heavy atom. The summed E-state index contributed by atoms with van der Waals surface area (Å²) in [6, 6.07) is 5.56. The summed E-state index contributed by atoms with van der Waals surface area (Å²) in [5.41, 5.74) is -0.633. The molecule has 2 aromatic rings. The minimum absolute atomic E-state index is 0.0635. The molecule has 0 unspecified atom stereocenters. The number of hydrogen-bond donors (Lipinski definition) is 2. The van der Waals surface area contributed by atoms with Gasteiger partial charge in [-0.1, -0.05) is 6.07 Å². The number of pyridine rings is 1. The molecule has 0 spiro atoms. The molecule has 0 saturated heterocycles. The maximum atomic E-state index is 12.1. The highest BCUT2D eigenvalue weighted by molar-refractivity contribution is 7.92. The van der Waals surface area contributed by atoms with Gasteiger partial charge >= 0.3 is 5.97 Å². The second-order valence-electron chi connectivity index (χ2n) is 4.13. The first kappa shape index (κ1) is 15.4. The predicted molar refractivity (Wildman–Crippen MR) is 75.1 cm³/mol. The minimum atomic E-state index is -4.10. The van der Waals surface area contributed by atoms with Gasteiger partial charge in [0.15, 0.2) is 0 Å². The monoisotopic (exact) mass is 323 g/mol. The number of carbonyl (C=O) groups is 1. The van der Waals surface area contributed by atoms with Crippen molar-refractivity contribution < 1.29 is 23.2 Å². The van der Waals surface area contributed by atoms with Gasteiger partial charge in [-0.05, 0) is 12.1 Å². The molecule has 0 aliphatic heterocycles. The van der Waals surface area contributed by atoms with Gasteiger partial charge in [0.25, 0.3) is 15.7 Å². The SMILES string of the molecule is O=C(O)c1cncc(NS(=O)(=O)c2cccc([N+](=O)[O-])c2)c1. The highest BCUT2D eigenvalue weighted by Crippen LogP contribution is 2.20. The van der Waals surface area contributed by atoms with Crippen LogP contribution in [-0.4, -0.2) is 29.4 Å². The van der Waals surface area contributed by atoms with Crippen LogP contribution in [0.4, 0.5) is 11.4 Å². The van der Waals surface area contributed by atoms with Crippen LogP contribution in [0.3, 0.4) is 0 Å². The van der Waals surface area contributed by atoms with Gasteiger partial charge in [-0.25, -0.2) is 13.2 Å². The Morgan fingerprint density at radius 1 is 1.27 bits per heavy atom. The number of nitrogens with one attached hydrogen (secondary N) is 1. The zero-order valence-corrected chi connectivity index (χ0v) is 11.6. The largest absolute Gasteiger partial charge is 0.478 e. The summed E-state index contributed by atoms with van der Waals surface area (Å²) >= 11 is 0. The summed E-state index contributed by atoms with van der Waals surface area (Å²) < 4.78 is 26.4. The zero-order chi connectivity index (χ0) is 16.3. The third-order valence-electron chi connectivity index (χ3n) is 2.58. The number of aromatic nitrogens is 1. The van der Waals surface area contributed by atoms with Gasteiger partial charge in [-0.3, -0.25) is 19.8 Å². The molecule has 10 heteroatoms. The molecule has 0 bridgehead atoms. The average molecular weight is 323 g/mol. The van der Waals surface area contributed by atoms with E-state index >= 15 is 0 Å². The number of aromatic carboxylic acids is 1. The van der Waals surface area contributed by atoms with Crippen LogP contribution in [0, 0.1) is 10.1 Å². The van der Waals surface area contributed by atoms with Gasteiger partial charge in [-0.2, -0.15) is 0 Å². The maximum absolute atomic E-state index is 12.1. The summed E-state index contributed by atoms with van der Waals surface area (Å²) in [4.78, 5) is 24.1. The fraction of sp³-hybridized carbons (Fsp3) is 0. The van der Waals surface area contributed by atoms with Crippen LogP contribution >= 0.6 is 0 Å². The number of carboxylic acids is 1. The fourth-order valence-corrected chi connectivity index (χ4v) is 2.66. The molecule has 2 rings (SSSR count). The van der Waals surface area contributed by atoms with Crippen LogP contribution in [0.2, 0.25) is 0 Å². The normalized spacial score (nSPS) is 10.9. The van der Waals surface area contributed by atoms with Crippen molar-refractivity contribution in [3.05, 3.63) is 58.4 Å². The van der Waals surface area contributed by atoms with Crippen molar-refractivity contribution in [3.8, 4) is 0 Å². The molecule has 9 nitrogen and oxygen atoms in total. The number of hydrogen-bond acceptors (Lipinski definition) is 6. The molecular formula is C12H9N3O6S. The molecule has 1 aromatic heterocycles. The maximum Gasteiger partial charge on any atom is 0.337 e. The Labute approximate surface area is 124 Å². The molecule has 22 heavy (non-hydrogen) atoms. The second-order valence-corrected chi connectivity index (χ2v) is 5.81. The van der Waals surface area contributed by atoms with E-state index in [4.69, 9.17) is 5.11 Å². The number of nitro groups is 1. The van der Waals surface area contributed by atoms with E-state index in [0.29, 0.717) is 0 Å². The number of benzene rings is 1. The van der Waals surface area contributed by atoms with E-state index in [2.05, 4.69) is 9.71 Å². The molecule has 1 aromatic carbocycles. The molecule has 2 N–H and O–H groups in total. The van der Waals surface area contributed by atoms with Crippen molar-refractivity contribution >= 4 is 27.4 Å². The Balaban J connectivity index is 2.35. The van der Waals surface area contributed by atoms with Crippen LogP contribution in [0.5, 0.6) is 0 Å². The van der Waals surface area contributed by atoms with Crippen molar-refractivity contribution in [2.24, 2.45) is 0 Å². The fourth-order valence-electron chi connectivity index (χ4n) is 1.59. The number of anilines is 1. The first-order valence-corrected chi connectivity index (χ1v) is 7.23. The molecule has 0 atom stereocenters. The molecule has 1 heterocycles. The average Bonchev–Trinajstić information content (AvgIpc) is 2.47. The van der Waals surface area contributed by atoms with Crippen LogP contribution in [0.15, 0.2) is 47.6 Å². The van der Waals surface area contributed by atoms with Crippen molar-refractivity contribution in [2.75, 3.05) is 4.72 Å². The third-order valence-corrected chi connectivity index (χ3v) is 3.96. The first-order valence-electron chi connectivity index (χ1n) is 5.75. The van der Waals surface area contributed by atoms with Gasteiger partial charge in [0.2, 0.25) is 0 Å². The Bertz CT molecular complexity index is 849. The Kier molecular flexibility index (Phi) is 4.04. The Morgan fingerprint density at radius 2 is 2.00 bits per heavy atom. The summed E-state index contributed by atoms with van der Waals surface area (Å²) in [6.45, 7) is 0. The quantitative estimate of drug-likeness (QED) is 0.627. The van der Waals surface area contributed by atoms with Gasteiger partial charge in [0.05, 0.1) is 27.3 Å². The topological polar surface area (TPSA) is 140 Å². The van der Waals surface area contributed by atoms with E-state index in [9.17, 15) is 23.3 Å². The number of nitro benzene ring substituents is 1. The van der Waals surface area contributed by atoms with E-state index in [1.54, 1.807) is 0 Å². The highest BCUT2D eigenvalue weighted by Gasteiger charge is 2.18. The van der Waals surface area contributed by atoms with Gasteiger partial charge in [0.1, 0.15) is 0 Å². The minimum Gasteiger partial charge on any atom is -0.478 e. The van der Waals surface area contributed by atoms with E-state index in [1.165, 1.54) is 12.1 Å². The van der Waals surface area contributed by atoms with E-state index in [0.717, 1.165) is 30.6 Å². The Hall–Kier alpha value is -3.01. The summed E-state index contributed by atoms with van der Waals surface area (Å²) in [7, 11) is -4.10. The lowest BCUT2D eigenvalue weighted by molar-refractivity contribution is -0.385. The van der Waals surface area contributed by atoms with Gasteiger partial charge in [-0.15, -0.1) is 0 Å². The van der Waals surface area contributed by atoms with Gasteiger partial charge in [0, 0.05) is 18.3 Å². The standard InChI is InChI=1S/C12H9N3O6S/c16-12(17)8-4-9(7-13-6-8)14-22(20,21)11-3-1-2-10(5-11)15(18)19/h1-7,14H,(H,16,17). The van der Waals surface area contributed by atoms with Crippen molar-refractivity contribution in [3.63, 3.8) is 0 Å². The lowest BCUT2D eigenvalue weighted by Crippen LogP contribution is -2.14. The lowest BCUT2D eigenvalue weighted by atomic mass is 10.3. The molecule has 0 amide bonds. The molecular weight excluding hydrogens is 314 g/mol. The number of nitrogens with zero attached hydrogens (tertiary/aromatic N) is 2. The molecule has 0 saturated carbocycles. The van der Waals surface area contributed by atoms with Crippen molar-refractivity contribution in [1.29, 1.82) is 0 Å². The second kappa shape index (κ2) is 5.77. The first-order chi connectivity index (χ1) is 10.3. The molecule has 0 aliphatic rings. The summed E-state index contributed by atoms with van der Waals surface area (Å²) in [5, 5.41) is 19.5. The number of rotatable bonds is 5. The highest BCUT2D eigenvalue weighted by atomic mass is 32.2. The molecule has 114 valence electrons. The lowest BCUT2D eigenvalue weighted by Gasteiger charge is -2.08. The van der Waals surface area contributed by atoms with Crippen LogP contribution in [-0.2, 0) is 10.0 Å². The predicted octanol–water partition coefficient (Wildman–Crippen LogP) is 1.49. The van der Waals surface area contributed by atoms with Crippen molar-refractivity contribution in [1.82, 2.24) is 4.98 Å². The van der Waals surface area contributed by atoms with Crippen molar-refractivity contribution in [2.45, 2.75) is 4.90 Å². The van der Waals surface area contributed by atoms with E-state index in [1.807, 2.05) is 0 Å². The molecule has 0 aliphatic carbocycles. The van der Waals surface area contributed by atoms with Crippen LogP contribution in [0.25, 0.3) is 0 Å². The van der Waals surface area contributed by atoms with E-state index in [-0.39, 0.29) is 21.8 Å². The number of sulfonamides is 1. The van der Waals surface area contributed by atoms with E-state index < -0.39 is 20.9 Å². The zero-order valence-electron chi connectivity index (χ0n) is 10.8. The van der Waals surface area contributed by atoms with Gasteiger partial charge < -0.3 is 5.11 Å². The third kappa shape index (κ3) is 3.35. The summed E-state index contributed by atoms with van der Waals surface area (Å²) in [6.07, 6.45) is 2.19.